The fourth-order valence-corrected chi connectivity index (χ4v) is 2.83. The van der Waals surface area contributed by atoms with Gasteiger partial charge in [0.1, 0.15) is 0 Å². The molecule has 3 aromatic rings. The largest absolute Gasteiger partial charge is 0.350 e. The number of Topliss-reactive ketones (excluding diaryl/α,β-unsaturated/α-hetero) is 2. The SMILES string of the molecule is Cn1cc(C(=O)C(=O)c2cccs2)c2ccccc21. The Kier molecular flexibility index (Phi) is 2.80. The van der Waals surface area contributed by atoms with E-state index in [4.69, 9.17) is 0 Å². The minimum absolute atomic E-state index is 0.439. The molecule has 0 unspecified atom stereocenters. The molecule has 0 atom stereocenters. The van der Waals surface area contributed by atoms with E-state index in [9.17, 15) is 9.59 Å². The van der Waals surface area contributed by atoms with Gasteiger partial charge in [-0.05, 0) is 17.5 Å². The first-order valence-electron chi connectivity index (χ1n) is 5.85. The maximum Gasteiger partial charge on any atom is 0.243 e. The molecule has 0 spiro atoms. The van der Waals surface area contributed by atoms with Crippen LogP contribution in [-0.2, 0) is 7.05 Å². The Morgan fingerprint density at radius 2 is 1.84 bits per heavy atom. The predicted molar refractivity (Wildman–Crippen MR) is 75.9 cm³/mol. The molecular weight excluding hydrogens is 258 g/mol. The van der Waals surface area contributed by atoms with Crippen molar-refractivity contribution in [3.8, 4) is 0 Å². The molecule has 0 radical (unpaired) electrons. The Balaban J connectivity index is 2.10. The highest BCUT2D eigenvalue weighted by atomic mass is 32.1. The van der Waals surface area contributed by atoms with E-state index in [2.05, 4.69) is 0 Å². The van der Waals surface area contributed by atoms with Crippen molar-refractivity contribution >= 4 is 33.8 Å². The van der Waals surface area contributed by atoms with Gasteiger partial charge in [0, 0.05) is 24.1 Å². The smallest absolute Gasteiger partial charge is 0.243 e. The monoisotopic (exact) mass is 269 g/mol. The molecule has 0 bridgehead atoms. The summed E-state index contributed by atoms with van der Waals surface area (Å²) in [6.07, 6.45) is 1.72. The molecule has 3 nitrogen and oxygen atoms in total. The van der Waals surface area contributed by atoms with Gasteiger partial charge in [-0.1, -0.05) is 24.3 Å². The van der Waals surface area contributed by atoms with Crippen LogP contribution in [-0.4, -0.2) is 16.1 Å². The van der Waals surface area contributed by atoms with E-state index < -0.39 is 11.6 Å². The number of para-hydroxylation sites is 1. The van der Waals surface area contributed by atoms with Gasteiger partial charge in [-0.15, -0.1) is 11.3 Å². The first-order valence-corrected chi connectivity index (χ1v) is 6.73. The van der Waals surface area contributed by atoms with Gasteiger partial charge in [0.25, 0.3) is 0 Å². The van der Waals surface area contributed by atoms with E-state index in [0.717, 1.165) is 10.9 Å². The van der Waals surface area contributed by atoms with Crippen molar-refractivity contribution in [2.24, 2.45) is 7.05 Å². The molecule has 0 saturated heterocycles. The van der Waals surface area contributed by atoms with Crippen LogP contribution in [0.4, 0.5) is 0 Å². The van der Waals surface area contributed by atoms with E-state index in [1.54, 1.807) is 23.7 Å². The molecule has 94 valence electrons. The average molecular weight is 269 g/mol. The molecule has 0 aliphatic heterocycles. The molecule has 0 saturated carbocycles. The third-order valence-corrected chi connectivity index (χ3v) is 3.96. The van der Waals surface area contributed by atoms with Gasteiger partial charge < -0.3 is 4.57 Å². The summed E-state index contributed by atoms with van der Waals surface area (Å²) in [6.45, 7) is 0. The van der Waals surface area contributed by atoms with E-state index in [1.165, 1.54) is 11.3 Å². The molecule has 19 heavy (non-hydrogen) atoms. The fraction of sp³-hybridized carbons (Fsp3) is 0.0667. The zero-order chi connectivity index (χ0) is 13.4. The number of carbonyl (C=O) groups is 2. The first kappa shape index (κ1) is 11.9. The number of aryl methyl sites for hydroxylation is 1. The topological polar surface area (TPSA) is 39.1 Å². The normalized spacial score (nSPS) is 10.8. The fourth-order valence-electron chi connectivity index (χ4n) is 2.16. The van der Waals surface area contributed by atoms with Gasteiger partial charge >= 0.3 is 0 Å². The third-order valence-electron chi connectivity index (χ3n) is 3.09. The summed E-state index contributed by atoms with van der Waals surface area (Å²) < 4.78 is 1.87. The van der Waals surface area contributed by atoms with E-state index in [-0.39, 0.29) is 0 Å². The van der Waals surface area contributed by atoms with Gasteiger partial charge in [-0.25, -0.2) is 0 Å². The maximum atomic E-state index is 12.3. The Hall–Kier alpha value is -2.20. The first-order chi connectivity index (χ1) is 9.18. The number of aromatic nitrogens is 1. The second-order valence-corrected chi connectivity index (χ2v) is 5.25. The van der Waals surface area contributed by atoms with Crippen LogP contribution in [0.5, 0.6) is 0 Å². The summed E-state index contributed by atoms with van der Waals surface area (Å²) in [7, 11) is 1.87. The molecule has 3 rings (SSSR count). The minimum atomic E-state index is -0.445. The molecule has 1 aromatic carbocycles. The van der Waals surface area contributed by atoms with Crippen molar-refractivity contribution in [1.82, 2.24) is 4.57 Å². The van der Waals surface area contributed by atoms with Crippen LogP contribution in [0.25, 0.3) is 10.9 Å². The predicted octanol–water partition coefficient (Wildman–Crippen LogP) is 3.31. The number of carbonyl (C=O) groups excluding carboxylic acids is 2. The lowest BCUT2D eigenvalue weighted by atomic mass is 10.1. The molecule has 0 aliphatic rings. The highest BCUT2D eigenvalue weighted by Gasteiger charge is 2.22. The number of thiophene rings is 1. The summed E-state index contributed by atoms with van der Waals surface area (Å²) >= 11 is 1.29. The van der Waals surface area contributed by atoms with E-state index in [0.29, 0.717) is 10.4 Å². The highest BCUT2D eigenvalue weighted by molar-refractivity contribution is 7.13. The van der Waals surface area contributed by atoms with Crippen LogP contribution >= 0.6 is 11.3 Å². The van der Waals surface area contributed by atoms with Crippen molar-refractivity contribution in [2.75, 3.05) is 0 Å². The lowest BCUT2D eigenvalue weighted by Gasteiger charge is -1.96. The van der Waals surface area contributed by atoms with Gasteiger partial charge in [-0.2, -0.15) is 0 Å². The number of nitrogens with zero attached hydrogens (tertiary/aromatic N) is 1. The van der Waals surface area contributed by atoms with Crippen molar-refractivity contribution in [2.45, 2.75) is 0 Å². The lowest BCUT2D eigenvalue weighted by molar-refractivity contribution is 0.0820. The Morgan fingerprint density at radius 3 is 2.58 bits per heavy atom. The highest BCUT2D eigenvalue weighted by Crippen LogP contribution is 2.22. The van der Waals surface area contributed by atoms with E-state index >= 15 is 0 Å². The third kappa shape index (κ3) is 1.90. The molecule has 0 N–H and O–H groups in total. The van der Waals surface area contributed by atoms with Crippen LogP contribution in [0.1, 0.15) is 20.0 Å². The zero-order valence-corrected chi connectivity index (χ0v) is 11.1. The number of hydrogen-bond acceptors (Lipinski definition) is 3. The molecule has 0 amide bonds. The molecule has 2 heterocycles. The van der Waals surface area contributed by atoms with Gasteiger partial charge in [0.05, 0.1) is 10.4 Å². The van der Waals surface area contributed by atoms with Crippen LogP contribution < -0.4 is 0 Å². The molecule has 2 aromatic heterocycles. The summed E-state index contributed by atoms with van der Waals surface area (Å²) in [4.78, 5) is 24.9. The van der Waals surface area contributed by atoms with Crippen molar-refractivity contribution in [3.05, 3.63) is 58.4 Å². The van der Waals surface area contributed by atoms with Crippen LogP contribution in [0, 0.1) is 0 Å². The Bertz CT molecular complexity index is 769. The Morgan fingerprint density at radius 1 is 1.05 bits per heavy atom. The summed E-state index contributed by atoms with van der Waals surface area (Å²) in [6, 6.07) is 11.0. The molecule has 4 heteroatoms. The van der Waals surface area contributed by atoms with Gasteiger partial charge in [-0.3, -0.25) is 9.59 Å². The quantitative estimate of drug-likeness (QED) is 0.540. The number of benzene rings is 1. The minimum Gasteiger partial charge on any atom is -0.350 e. The molecule has 0 aliphatic carbocycles. The summed E-state index contributed by atoms with van der Waals surface area (Å²) in [5.41, 5.74) is 1.42. The second-order valence-electron chi connectivity index (χ2n) is 4.31. The molecule has 0 fully saturated rings. The van der Waals surface area contributed by atoms with Crippen molar-refractivity contribution in [3.63, 3.8) is 0 Å². The Labute approximate surface area is 114 Å². The number of ketones is 2. The van der Waals surface area contributed by atoms with Crippen molar-refractivity contribution in [1.29, 1.82) is 0 Å². The van der Waals surface area contributed by atoms with Crippen LogP contribution in [0.15, 0.2) is 48.0 Å². The number of hydrogen-bond donors (Lipinski definition) is 0. The molecular formula is C15H11NO2S. The number of fused-ring (bicyclic) bond motifs is 1. The number of rotatable bonds is 3. The van der Waals surface area contributed by atoms with Gasteiger partial charge in [0.15, 0.2) is 0 Å². The average Bonchev–Trinajstić information content (AvgIpc) is 3.06. The van der Waals surface area contributed by atoms with E-state index in [1.807, 2.05) is 35.9 Å². The van der Waals surface area contributed by atoms with Crippen LogP contribution in [0.2, 0.25) is 0 Å². The maximum absolute atomic E-state index is 12.3. The van der Waals surface area contributed by atoms with Crippen molar-refractivity contribution < 1.29 is 9.59 Å². The van der Waals surface area contributed by atoms with Gasteiger partial charge in [0.2, 0.25) is 11.6 Å². The summed E-state index contributed by atoms with van der Waals surface area (Å²) in [5, 5.41) is 2.61. The standard InChI is InChI=1S/C15H11NO2S/c1-16-9-11(10-5-2-3-6-12(10)16)14(17)15(18)13-7-4-8-19-13/h2-9H,1H3. The zero-order valence-electron chi connectivity index (χ0n) is 10.3. The second kappa shape index (κ2) is 4.48. The lowest BCUT2D eigenvalue weighted by Crippen LogP contribution is -2.12. The summed E-state index contributed by atoms with van der Waals surface area (Å²) in [5.74, 6) is -0.884. The van der Waals surface area contributed by atoms with Crippen LogP contribution in [0.3, 0.4) is 0 Å².